The predicted molar refractivity (Wildman–Crippen MR) is 91.5 cm³/mol. The molecular weight excluding hydrogens is 330 g/mol. The number of nitrogens with zero attached hydrogens (tertiary/aromatic N) is 2. The van der Waals surface area contributed by atoms with Gasteiger partial charge < -0.3 is 10.2 Å². The summed E-state index contributed by atoms with van der Waals surface area (Å²) in [7, 11) is 1.71. The molecule has 1 aromatic carbocycles. The molecule has 1 aromatic rings. The third kappa shape index (κ3) is 4.06. The number of nitrogens with one attached hydrogen (secondary N) is 1. The van der Waals surface area contributed by atoms with Crippen LogP contribution in [0.5, 0.6) is 0 Å². The summed E-state index contributed by atoms with van der Waals surface area (Å²) < 4.78 is 0. The molecule has 0 unspecified atom stereocenters. The quantitative estimate of drug-likeness (QED) is 0.800. The number of rotatable bonds is 6. The molecule has 1 fully saturated rings. The fourth-order valence-corrected chi connectivity index (χ4v) is 2.77. The molecule has 0 aliphatic carbocycles. The summed E-state index contributed by atoms with van der Waals surface area (Å²) in [5, 5.41) is 3.24. The highest BCUT2D eigenvalue weighted by molar-refractivity contribution is 6.31. The Bertz CT molecular complexity index is 660. The predicted octanol–water partition coefficient (Wildman–Crippen LogP) is 2.41. The van der Waals surface area contributed by atoms with Gasteiger partial charge in [-0.1, -0.05) is 29.8 Å². The molecule has 1 aliphatic rings. The number of hydrogen-bond donors (Lipinski definition) is 1. The molecule has 0 radical (unpaired) electrons. The average molecular weight is 352 g/mol. The van der Waals surface area contributed by atoms with Gasteiger partial charge in [-0.15, -0.1) is 0 Å². The molecule has 6 nitrogen and oxygen atoms in total. The van der Waals surface area contributed by atoms with Crippen molar-refractivity contribution in [2.75, 3.05) is 13.6 Å². The molecule has 0 spiro atoms. The molecule has 0 saturated carbocycles. The summed E-state index contributed by atoms with van der Waals surface area (Å²) in [6, 6.07) is 6.98. The standard InChI is InChI=1S/C17H22ClN3O3/c1-17(2)15(23)21(16(24)19-17)10-6-9-14(22)20(3)11-12-7-4-5-8-13(12)18/h4-5,7-8H,6,9-11H2,1-3H3,(H,19,24). The molecule has 2 rings (SSSR count). The van der Waals surface area contributed by atoms with Crippen LogP contribution >= 0.6 is 11.6 Å². The largest absolute Gasteiger partial charge is 0.341 e. The SMILES string of the molecule is CN(Cc1ccccc1Cl)C(=O)CCCN1C(=O)NC(C)(C)C1=O. The van der Waals surface area contributed by atoms with Crippen molar-refractivity contribution in [1.29, 1.82) is 0 Å². The molecule has 1 N–H and O–H groups in total. The maximum Gasteiger partial charge on any atom is 0.325 e. The van der Waals surface area contributed by atoms with Gasteiger partial charge in [0.05, 0.1) is 0 Å². The minimum Gasteiger partial charge on any atom is -0.341 e. The number of benzene rings is 1. The van der Waals surface area contributed by atoms with Gasteiger partial charge in [0.1, 0.15) is 5.54 Å². The monoisotopic (exact) mass is 351 g/mol. The first kappa shape index (κ1) is 18.3. The highest BCUT2D eigenvalue weighted by Crippen LogP contribution is 2.18. The molecule has 0 aromatic heterocycles. The topological polar surface area (TPSA) is 69.7 Å². The van der Waals surface area contributed by atoms with E-state index in [-0.39, 0.29) is 24.8 Å². The van der Waals surface area contributed by atoms with Gasteiger partial charge in [0.2, 0.25) is 5.91 Å². The van der Waals surface area contributed by atoms with Gasteiger partial charge >= 0.3 is 6.03 Å². The van der Waals surface area contributed by atoms with Crippen molar-refractivity contribution >= 4 is 29.4 Å². The Labute approximate surface area is 146 Å². The van der Waals surface area contributed by atoms with E-state index in [4.69, 9.17) is 11.6 Å². The minimum absolute atomic E-state index is 0.0544. The first-order chi connectivity index (χ1) is 11.2. The maximum atomic E-state index is 12.2. The molecule has 7 heteroatoms. The van der Waals surface area contributed by atoms with Gasteiger partial charge in [0.25, 0.3) is 5.91 Å². The number of halogens is 1. The van der Waals surface area contributed by atoms with Gasteiger partial charge in [-0.3, -0.25) is 14.5 Å². The first-order valence-corrected chi connectivity index (χ1v) is 8.21. The third-order valence-corrected chi connectivity index (χ3v) is 4.38. The van der Waals surface area contributed by atoms with Gasteiger partial charge in [0.15, 0.2) is 0 Å². The molecule has 130 valence electrons. The lowest BCUT2D eigenvalue weighted by molar-refractivity contribution is -0.132. The lowest BCUT2D eigenvalue weighted by Gasteiger charge is -2.19. The Morgan fingerprint density at radius 1 is 1.29 bits per heavy atom. The Hall–Kier alpha value is -2.08. The molecule has 0 bridgehead atoms. The van der Waals surface area contributed by atoms with E-state index < -0.39 is 11.6 Å². The zero-order chi connectivity index (χ0) is 17.9. The van der Waals surface area contributed by atoms with E-state index in [1.807, 2.05) is 18.2 Å². The zero-order valence-electron chi connectivity index (χ0n) is 14.1. The molecule has 1 heterocycles. The van der Waals surface area contributed by atoms with Crippen LogP contribution in [0.4, 0.5) is 4.79 Å². The first-order valence-electron chi connectivity index (χ1n) is 7.84. The van der Waals surface area contributed by atoms with Crippen LogP contribution in [0.3, 0.4) is 0 Å². The van der Waals surface area contributed by atoms with Crippen molar-refractivity contribution in [3.8, 4) is 0 Å². The second-order valence-electron chi connectivity index (χ2n) is 6.46. The van der Waals surface area contributed by atoms with Crippen LogP contribution in [0.25, 0.3) is 0 Å². The fraction of sp³-hybridized carbons (Fsp3) is 0.471. The van der Waals surface area contributed by atoms with Crippen LogP contribution in [0, 0.1) is 0 Å². The summed E-state index contributed by atoms with van der Waals surface area (Å²) >= 11 is 6.10. The molecule has 1 aliphatic heterocycles. The van der Waals surface area contributed by atoms with E-state index in [0.717, 1.165) is 5.56 Å². The van der Waals surface area contributed by atoms with Crippen molar-refractivity contribution in [2.24, 2.45) is 0 Å². The number of hydrogen-bond acceptors (Lipinski definition) is 3. The highest BCUT2D eigenvalue weighted by Gasteiger charge is 2.43. The van der Waals surface area contributed by atoms with E-state index in [1.165, 1.54) is 4.90 Å². The lowest BCUT2D eigenvalue weighted by Crippen LogP contribution is -2.40. The Balaban J connectivity index is 1.82. The Morgan fingerprint density at radius 3 is 2.54 bits per heavy atom. The maximum absolute atomic E-state index is 12.2. The van der Waals surface area contributed by atoms with Gasteiger partial charge in [-0.25, -0.2) is 4.79 Å². The van der Waals surface area contributed by atoms with Crippen molar-refractivity contribution in [2.45, 2.75) is 38.8 Å². The number of urea groups is 1. The molecule has 0 atom stereocenters. The Kier molecular flexibility index (Phi) is 5.49. The van der Waals surface area contributed by atoms with Crippen LogP contribution in [0.15, 0.2) is 24.3 Å². The van der Waals surface area contributed by atoms with Gasteiger partial charge in [-0.2, -0.15) is 0 Å². The molecule has 4 amide bonds. The second-order valence-corrected chi connectivity index (χ2v) is 6.86. The smallest absolute Gasteiger partial charge is 0.325 e. The van der Waals surface area contributed by atoms with E-state index >= 15 is 0 Å². The number of imide groups is 1. The molecule has 24 heavy (non-hydrogen) atoms. The van der Waals surface area contributed by atoms with Gasteiger partial charge in [-0.05, 0) is 31.9 Å². The molecule has 1 saturated heterocycles. The zero-order valence-corrected chi connectivity index (χ0v) is 14.9. The van der Waals surface area contributed by atoms with Crippen LogP contribution in [0.2, 0.25) is 5.02 Å². The van der Waals surface area contributed by atoms with Crippen molar-refractivity contribution in [3.05, 3.63) is 34.9 Å². The summed E-state index contributed by atoms with van der Waals surface area (Å²) in [6.45, 7) is 3.99. The summed E-state index contributed by atoms with van der Waals surface area (Å²) in [6.07, 6.45) is 0.694. The van der Waals surface area contributed by atoms with Crippen molar-refractivity contribution in [1.82, 2.24) is 15.1 Å². The third-order valence-electron chi connectivity index (χ3n) is 4.01. The summed E-state index contributed by atoms with van der Waals surface area (Å²) in [5.74, 6) is -0.314. The van der Waals surface area contributed by atoms with Gasteiger partial charge in [0, 0.05) is 31.6 Å². The average Bonchev–Trinajstić information content (AvgIpc) is 2.70. The summed E-state index contributed by atoms with van der Waals surface area (Å²) in [4.78, 5) is 38.8. The normalized spacial score (nSPS) is 16.2. The van der Waals surface area contributed by atoms with Crippen molar-refractivity contribution in [3.63, 3.8) is 0 Å². The minimum atomic E-state index is -0.873. The molecular formula is C17H22ClN3O3. The van der Waals surface area contributed by atoms with E-state index in [9.17, 15) is 14.4 Å². The van der Waals surface area contributed by atoms with E-state index in [0.29, 0.717) is 18.0 Å². The Morgan fingerprint density at radius 2 is 1.96 bits per heavy atom. The summed E-state index contributed by atoms with van der Waals surface area (Å²) in [5.41, 5.74) is 0.00736. The number of amides is 4. The highest BCUT2D eigenvalue weighted by atomic mass is 35.5. The van der Waals surface area contributed by atoms with E-state index in [2.05, 4.69) is 5.32 Å². The number of carbonyl (C=O) groups is 3. The van der Waals surface area contributed by atoms with Crippen LogP contribution in [0.1, 0.15) is 32.3 Å². The van der Waals surface area contributed by atoms with E-state index in [1.54, 1.807) is 31.9 Å². The van der Waals surface area contributed by atoms with Crippen LogP contribution < -0.4 is 5.32 Å². The lowest BCUT2D eigenvalue weighted by atomic mass is 10.1. The number of carbonyl (C=O) groups excluding carboxylic acids is 3. The fourth-order valence-electron chi connectivity index (χ4n) is 2.57. The van der Waals surface area contributed by atoms with Crippen molar-refractivity contribution < 1.29 is 14.4 Å². The van der Waals surface area contributed by atoms with Crippen LogP contribution in [-0.4, -0.2) is 46.8 Å². The second kappa shape index (κ2) is 7.21. The van der Waals surface area contributed by atoms with Crippen LogP contribution in [-0.2, 0) is 16.1 Å².